The first kappa shape index (κ1) is 14.9. The highest BCUT2D eigenvalue weighted by Crippen LogP contribution is 2.24. The zero-order valence-electron chi connectivity index (χ0n) is 10.9. The molecule has 0 heterocycles. The van der Waals surface area contributed by atoms with Crippen LogP contribution in [0, 0.1) is 11.6 Å². The first-order valence-corrected chi connectivity index (χ1v) is 6.14. The van der Waals surface area contributed by atoms with Crippen LogP contribution in [0.5, 0.6) is 0 Å². The fraction of sp³-hybridized carbons (Fsp3) is 0.538. The molecule has 1 aromatic carbocycles. The Balaban J connectivity index is 2.91. The molecule has 0 atom stereocenters. The number of anilines is 1. The minimum absolute atomic E-state index is 0.00518. The molecule has 2 N–H and O–H groups in total. The number of hydrogen-bond acceptors (Lipinski definition) is 3. The van der Waals surface area contributed by atoms with E-state index in [1.54, 1.807) is 4.90 Å². The van der Waals surface area contributed by atoms with Gasteiger partial charge in [-0.1, -0.05) is 0 Å². The maximum atomic E-state index is 13.9. The molecule has 0 spiro atoms. The number of rotatable bonds is 7. The lowest BCUT2D eigenvalue weighted by Gasteiger charge is -2.24. The Labute approximate surface area is 107 Å². The molecular weight excluding hydrogens is 238 g/mol. The summed E-state index contributed by atoms with van der Waals surface area (Å²) in [6.45, 7) is 5.87. The van der Waals surface area contributed by atoms with Gasteiger partial charge < -0.3 is 15.4 Å². The summed E-state index contributed by atoms with van der Waals surface area (Å²) in [5.41, 5.74) is 5.83. The van der Waals surface area contributed by atoms with Crippen LogP contribution in [0.2, 0.25) is 0 Å². The molecule has 0 aliphatic carbocycles. The number of halogens is 2. The van der Waals surface area contributed by atoms with Crippen LogP contribution in [-0.4, -0.2) is 26.3 Å². The molecule has 0 saturated carbocycles. The minimum atomic E-state index is -0.575. The summed E-state index contributed by atoms with van der Waals surface area (Å²) >= 11 is 0. The Morgan fingerprint density at radius 3 is 2.28 bits per heavy atom. The van der Waals surface area contributed by atoms with Gasteiger partial charge in [0.1, 0.15) is 17.3 Å². The predicted octanol–water partition coefficient (Wildman–Crippen LogP) is 2.29. The van der Waals surface area contributed by atoms with Gasteiger partial charge in [0.15, 0.2) is 0 Å². The quantitative estimate of drug-likeness (QED) is 0.763. The Morgan fingerprint density at radius 1 is 1.22 bits per heavy atom. The van der Waals surface area contributed by atoms with Crippen molar-refractivity contribution in [3.63, 3.8) is 0 Å². The molecule has 0 aromatic heterocycles. The normalized spacial score (nSPS) is 10.7. The van der Waals surface area contributed by atoms with E-state index in [1.165, 1.54) is 12.1 Å². The maximum Gasteiger partial charge on any atom is 0.149 e. The molecule has 5 heteroatoms. The van der Waals surface area contributed by atoms with Crippen LogP contribution < -0.4 is 10.6 Å². The van der Waals surface area contributed by atoms with Crippen molar-refractivity contribution in [2.75, 3.05) is 31.2 Å². The molecule has 0 unspecified atom stereocenters. The molecule has 0 bridgehead atoms. The van der Waals surface area contributed by atoms with Crippen LogP contribution >= 0.6 is 0 Å². The average Bonchev–Trinajstić information content (AvgIpc) is 2.35. The number of ether oxygens (including phenoxy) is 1. The second-order valence-corrected chi connectivity index (χ2v) is 3.89. The van der Waals surface area contributed by atoms with Gasteiger partial charge >= 0.3 is 0 Å². The van der Waals surface area contributed by atoms with E-state index >= 15 is 0 Å². The Hall–Kier alpha value is -1.20. The second kappa shape index (κ2) is 7.28. The number of nitrogens with two attached hydrogens (primary N) is 1. The smallest absolute Gasteiger partial charge is 0.149 e. The van der Waals surface area contributed by atoms with Gasteiger partial charge in [0.05, 0.1) is 6.61 Å². The van der Waals surface area contributed by atoms with Gasteiger partial charge in [-0.3, -0.25) is 0 Å². The van der Waals surface area contributed by atoms with E-state index in [4.69, 9.17) is 10.5 Å². The Kier molecular flexibility index (Phi) is 6.01. The van der Waals surface area contributed by atoms with Crippen LogP contribution in [0.25, 0.3) is 0 Å². The molecular formula is C13H20F2N2O. The summed E-state index contributed by atoms with van der Waals surface area (Å²) in [7, 11) is 0. The van der Waals surface area contributed by atoms with Crippen LogP contribution in [0.4, 0.5) is 14.5 Å². The van der Waals surface area contributed by atoms with Crippen LogP contribution in [0.15, 0.2) is 12.1 Å². The van der Waals surface area contributed by atoms with Gasteiger partial charge in [-0.15, -0.1) is 0 Å². The van der Waals surface area contributed by atoms with Gasteiger partial charge in [0, 0.05) is 26.2 Å². The molecule has 0 saturated heterocycles. The first-order valence-electron chi connectivity index (χ1n) is 6.14. The van der Waals surface area contributed by atoms with E-state index in [2.05, 4.69) is 0 Å². The summed E-state index contributed by atoms with van der Waals surface area (Å²) in [6.07, 6.45) is 0. The highest BCUT2D eigenvalue weighted by Gasteiger charge is 2.16. The van der Waals surface area contributed by atoms with Gasteiger partial charge in [-0.05, 0) is 31.5 Å². The average molecular weight is 258 g/mol. The van der Waals surface area contributed by atoms with Gasteiger partial charge in [-0.2, -0.15) is 0 Å². The SMILES string of the molecule is CCOCCN(CC)c1c(F)cc(CN)cc1F. The highest BCUT2D eigenvalue weighted by atomic mass is 19.1. The number of benzene rings is 1. The molecule has 102 valence electrons. The molecule has 0 amide bonds. The molecule has 1 rings (SSSR count). The number of likely N-dealkylation sites (N-methyl/N-ethyl adjacent to an activating group) is 1. The van der Waals surface area contributed by atoms with E-state index in [1.807, 2.05) is 13.8 Å². The monoisotopic (exact) mass is 258 g/mol. The first-order chi connectivity index (χ1) is 8.63. The van der Waals surface area contributed by atoms with E-state index < -0.39 is 11.6 Å². The Bertz CT molecular complexity index is 362. The minimum Gasteiger partial charge on any atom is -0.380 e. The number of hydrogen-bond donors (Lipinski definition) is 1. The third kappa shape index (κ3) is 3.65. The predicted molar refractivity (Wildman–Crippen MR) is 68.6 cm³/mol. The van der Waals surface area contributed by atoms with Crippen LogP contribution in [0.1, 0.15) is 19.4 Å². The van der Waals surface area contributed by atoms with Crippen molar-refractivity contribution in [2.45, 2.75) is 20.4 Å². The van der Waals surface area contributed by atoms with Crippen molar-refractivity contribution in [3.05, 3.63) is 29.3 Å². The fourth-order valence-corrected chi connectivity index (χ4v) is 1.79. The largest absolute Gasteiger partial charge is 0.380 e. The summed E-state index contributed by atoms with van der Waals surface area (Å²) in [5, 5.41) is 0. The van der Waals surface area contributed by atoms with E-state index in [9.17, 15) is 8.78 Å². The van der Waals surface area contributed by atoms with E-state index in [-0.39, 0.29) is 12.2 Å². The summed E-state index contributed by atoms with van der Waals surface area (Å²) in [6, 6.07) is 2.56. The zero-order valence-corrected chi connectivity index (χ0v) is 10.9. The fourth-order valence-electron chi connectivity index (χ4n) is 1.79. The standard InChI is InChI=1S/C13H20F2N2O/c1-3-17(5-6-18-4-2)13-11(14)7-10(9-16)8-12(13)15/h7-8H,3-6,9,16H2,1-2H3. The van der Waals surface area contributed by atoms with Crippen molar-refractivity contribution in [1.82, 2.24) is 0 Å². The second-order valence-electron chi connectivity index (χ2n) is 3.89. The third-order valence-electron chi connectivity index (χ3n) is 2.72. The molecule has 0 fully saturated rings. The lowest BCUT2D eigenvalue weighted by atomic mass is 10.1. The van der Waals surface area contributed by atoms with Crippen LogP contribution in [-0.2, 0) is 11.3 Å². The van der Waals surface area contributed by atoms with E-state index in [0.717, 1.165) is 0 Å². The van der Waals surface area contributed by atoms with Gasteiger partial charge in [0.25, 0.3) is 0 Å². The van der Waals surface area contributed by atoms with Crippen molar-refractivity contribution in [1.29, 1.82) is 0 Å². The summed E-state index contributed by atoms with van der Waals surface area (Å²) in [5.74, 6) is -1.15. The summed E-state index contributed by atoms with van der Waals surface area (Å²) < 4.78 is 32.9. The van der Waals surface area contributed by atoms with Gasteiger partial charge in [-0.25, -0.2) is 8.78 Å². The highest BCUT2D eigenvalue weighted by molar-refractivity contribution is 5.50. The molecule has 0 aliphatic rings. The molecule has 18 heavy (non-hydrogen) atoms. The van der Waals surface area contributed by atoms with Crippen molar-refractivity contribution >= 4 is 5.69 Å². The summed E-state index contributed by atoms with van der Waals surface area (Å²) in [4.78, 5) is 1.63. The third-order valence-corrected chi connectivity index (χ3v) is 2.72. The molecule has 3 nitrogen and oxygen atoms in total. The topological polar surface area (TPSA) is 38.5 Å². The maximum absolute atomic E-state index is 13.9. The van der Waals surface area contributed by atoms with Crippen molar-refractivity contribution in [3.8, 4) is 0 Å². The molecule has 0 radical (unpaired) electrons. The van der Waals surface area contributed by atoms with Crippen LogP contribution in [0.3, 0.4) is 0 Å². The Morgan fingerprint density at radius 2 is 1.83 bits per heavy atom. The zero-order chi connectivity index (χ0) is 13.5. The van der Waals surface area contributed by atoms with E-state index in [0.29, 0.717) is 31.9 Å². The lowest BCUT2D eigenvalue weighted by Crippen LogP contribution is -2.29. The van der Waals surface area contributed by atoms with Crippen molar-refractivity contribution < 1.29 is 13.5 Å². The number of nitrogens with zero attached hydrogens (tertiary/aromatic N) is 1. The molecule has 0 aliphatic heterocycles. The molecule has 1 aromatic rings. The van der Waals surface area contributed by atoms with Gasteiger partial charge in [0.2, 0.25) is 0 Å². The van der Waals surface area contributed by atoms with Crippen molar-refractivity contribution in [2.24, 2.45) is 5.73 Å². The lowest BCUT2D eigenvalue weighted by molar-refractivity contribution is 0.154.